The minimum absolute atomic E-state index is 0.0666. The van der Waals surface area contributed by atoms with E-state index < -0.39 is 0 Å². The van der Waals surface area contributed by atoms with Gasteiger partial charge in [0.1, 0.15) is 11.6 Å². The van der Waals surface area contributed by atoms with Gasteiger partial charge in [-0.05, 0) is 57.0 Å². The van der Waals surface area contributed by atoms with Crippen LogP contribution in [0.2, 0.25) is 0 Å². The number of hydrogen-bond acceptors (Lipinski definition) is 3. The van der Waals surface area contributed by atoms with Crippen LogP contribution in [0.5, 0.6) is 0 Å². The maximum atomic E-state index is 13.5. The van der Waals surface area contributed by atoms with Crippen LogP contribution in [0.15, 0.2) is 42.5 Å². The zero-order valence-electron chi connectivity index (χ0n) is 18.1. The van der Waals surface area contributed by atoms with E-state index in [2.05, 4.69) is 28.3 Å². The minimum atomic E-state index is -0.280. The van der Waals surface area contributed by atoms with Crippen molar-refractivity contribution in [3.63, 3.8) is 0 Å². The monoisotopic (exact) mass is 408 g/mol. The van der Waals surface area contributed by atoms with E-state index in [0.717, 1.165) is 36.4 Å². The molecule has 0 radical (unpaired) electrons. The Morgan fingerprint density at radius 2 is 1.97 bits per heavy atom. The summed E-state index contributed by atoms with van der Waals surface area (Å²) in [5.74, 6) is 0.626. The average molecular weight is 409 g/mol. The van der Waals surface area contributed by atoms with Crippen LogP contribution in [0, 0.1) is 12.7 Å². The van der Waals surface area contributed by atoms with E-state index in [0.29, 0.717) is 23.7 Å². The fourth-order valence-electron chi connectivity index (χ4n) is 4.28. The quantitative estimate of drug-likeness (QED) is 0.639. The van der Waals surface area contributed by atoms with Crippen LogP contribution in [0.4, 0.5) is 4.39 Å². The number of hydrogen-bond donors (Lipinski definition) is 0. The molecule has 1 fully saturated rings. The Balaban J connectivity index is 1.47. The summed E-state index contributed by atoms with van der Waals surface area (Å²) in [6.07, 6.45) is 1.02. The number of nitrogens with zero attached hydrogens (tertiary/aromatic N) is 4. The van der Waals surface area contributed by atoms with E-state index in [4.69, 9.17) is 0 Å². The Hall–Kier alpha value is -2.73. The molecule has 1 saturated heterocycles. The normalized spacial score (nSPS) is 17.2. The highest BCUT2D eigenvalue weighted by atomic mass is 19.1. The number of aryl methyl sites for hydroxylation is 1. The fourth-order valence-corrected chi connectivity index (χ4v) is 4.28. The van der Waals surface area contributed by atoms with Gasteiger partial charge in [0.15, 0.2) is 0 Å². The lowest BCUT2D eigenvalue weighted by Gasteiger charge is -2.26. The Morgan fingerprint density at radius 3 is 2.63 bits per heavy atom. The highest BCUT2D eigenvalue weighted by Crippen LogP contribution is 2.21. The molecule has 6 heteroatoms. The van der Waals surface area contributed by atoms with E-state index in [9.17, 15) is 9.18 Å². The van der Waals surface area contributed by atoms with Crippen molar-refractivity contribution in [1.82, 2.24) is 19.4 Å². The summed E-state index contributed by atoms with van der Waals surface area (Å²) in [5.41, 5.74) is 3.35. The molecule has 158 valence electrons. The number of carbonyl (C=O) groups excluding carboxylic acids is 1. The van der Waals surface area contributed by atoms with E-state index in [1.54, 1.807) is 6.07 Å². The summed E-state index contributed by atoms with van der Waals surface area (Å²) in [7, 11) is 1.91. The average Bonchev–Trinajstić information content (AvgIpc) is 3.33. The predicted octanol–water partition coefficient (Wildman–Crippen LogP) is 4.09. The first kappa shape index (κ1) is 20.5. The first-order valence-corrected chi connectivity index (χ1v) is 10.6. The van der Waals surface area contributed by atoms with Crippen molar-refractivity contribution >= 4 is 16.9 Å². The van der Waals surface area contributed by atoms with Gasteiger partial charge in [0.25, 0.3) is 5.91 Å². The van der Waals surface area contributed by atoms with Crippen LogP contribution in [0.3, 0.4) is 0 Å². The van der Waals surface area contributed by atoms with E-state index in [1.807, 2.05) is 43.1 Å². The van der Waals surface area contributed by atoms with Gasteiger partial charge < -0.3 is 9.47 Å². The lowest BCUT2D eigenvalue weighted by molar-refractivity contribution is 0.0732. The van der Waals surface area contributed by atoms with Crippen LogP contribution in [-0.4, -0.2) is 57.5 Å². The summed E-state index contributed by atoms with van der Waals surface area (Å²) >= 11 is 0. The number of halogens is 1. The molecule has 0 aliphatic carbocycles. The number of fused-ring (bicyclic) bond motifs is 1. The molecule has 3 aromatic rings. The van der Waals surface area contributed by atoms with Gasteiger partial charge in [-0.1, -0.05) is 12.1 Å². The van der Waals surface area contributed by atoms with Crippen molar-refractivity contribution in [2.24, 2.45) is 0 Å². The lowest BCUT2D eigenvalue weighted by Crippen LogP contribution is -2.40. The van der Waals surface area contributed by atoms with Crippen molar-refractivity contribution in [3.05, 3.63) is 65.2 Å². The number of carbonyl (C=O) groups is 1. The maximum Gasteiger partial charge on any atom is 0.253 e. The number of amides is 1. The van der Waals surface area contributed by atoms with Gasteiger partial charge in [-0.25, -0.2) is 9.37 Å². The zero-order chi connectivity index (χ0) is 21.4. The molecule has 1 aliphatic heterocycles. The third-order valence-electron chi connectivity index (χ3n) is 6.24. The molecule has 30 heavy (non-hydrogen) atoms. The van der Waals surface area contributed by atoms with Crippen LogP contribution >= 0.6 is 0 Å². The summed E-state index contributed by atoms with van der Waals surface area (Å²) in [6, 6.07) is 13.2. The first-order valence-electron chi connectivity index (χ1n) is 10.6. The number of likely N-dealkylation sites (tertiary alicyclic amines) is 1. The Morgan fingerprint density at radius 1 is 1.23 bits per heavy atom. The first-order chi connectivity index (χ1) is 14.3. The Labute approximate surface area is 177 Å². The number of benzene rings is 2. The summed E-state index contributed by atoms with van der Waals surface area (Å²) in [5, 5.41) is 0. The highest BCUT2D eigenvalue weighted by molar-refractivity contribution is 5.94. The van der Waals surface area contributed by atoms with Gasteiger partial charge in [-0.2, -0.15) is 0 Å². The van der Waals surface area contributed by atoms with Gasteiger partial charge in [-0.15, -0.1) is 0 Å². The Bertz CT molecular complexity index is 1060. The molecule has 1 amide bonds. The van der Waals surface area contributed by atoms with Crippen LogP contribution in [0.1, 0.15) is 42.0 Å². The lowest BCUT2D eigenvalue weighted by atomic mass is 10.1. The minimum Gasteiger partial charge on any atom is -0.337 e. The zero-order valence-corrected chi connectivity index (χ0v) is 18.1. The van der Waals surface area contributed by atoms with Gasteiger partial charge in [-0.3, -0.25) is 9.69 Å². The van der Waals surface area contributed by atoms with Crippen molar-refractivity contribution in [2.75, 3.05) is 20.1 Å². The molecule has 2 aromatic carbocycles. The second-order valence-corrected chi connectivity index (χ2v) is 8.52. The Kier molecular flexibility index (Phi) is 5.60. The summed E-state index contributed by atoms with van der Waals surface area (Å²) in [4.78, 5) is 21.7. The molecule has 1 aromatic heterocycles. The number of aromatic nitrogens is 2. The van der Waals surface area contributed by atoms with Gasteiger partial charge in [0.2, 0.25) is 0 Å². The number of imidazole rings is 1. The molecule has 4 rings (SSSR count). The van der Waals surface area contributed by atoms with Crippen molar-refractivity contribution in [2.45, 2.75) is 45.8 Å². The van der Waals surface area contributed by atoms with E-state index in [-0.39, 0.29) is 17.8 Å². The standard InChI is InChI=1S/C24H29FN4O/c1-16(2)28-12-11-21(15-28)27(4)24(30)19-7-5-18(6-8-19)14-29-17(3)26-22-13-20(25)9-10-23(22)29/h5-10,13,16,21H,11-12,14-15H2,1-4H3. The molecule has 0 spiro atoms. The van der Waals surface area contributed by atoms with Crippen LogP contribution < -0.4 is 0 Å². The van der Waals surface area contributed by atoms with Gasteiger partial charge in [0.05, 0.1) is 11.0 Å². The molecule has 1 atom stereocenters. The number of rotatable bonds is 5. The molecular weight excluding hydrogens is 379 g/mol. The maximum absolute atomic E-state index is 13.5. The largest absolute Gasteiger partial charge is 0.337 e. The fraction of sp³-hybridized carbons (Fsp3) is 0.417. The second-order valence-electron chi connectivity index (χ2n) is 8.52. The van der Waals surface area contributed by atoms with Gasteiger partial charge >= 0.3 is 0 Å². The molecule has 5 nitrogen and oxygen atoms in total. The third kappa shape index (κ3) is 3.97. The predicted molar refractivity (Wildman–Crippen MR) is 117 cm³/mol. The van der Waals surface area contributed by atoms with Crippen LogP contribution in [0.25, 0.3) is 11.0 Å². The summed E-state index contributed by atoms with van der Waals surface area (Å²) < 4.78 is 15.5. The third-order valence-corrected chi connectivity index (χ3v) is 6.24. The molecule has 0 bridgehead atoms. The SMILES string of the molecule is Cc1nc2cc(F)ccc2n1Cc1ccc(C(=O)N(C)C2CCN(C(C)C)C2)cc1. The van der Waals surface area contributed by atoms with Crippen molar-refractivity contribution in [1.29, 1.82) is 0 Å². The highest BCUT2D eigenvalue weighted by Gasteiger charge is 2.29. The molecular formula is C24H29FN4O. The second kappa shape index (κ2) is 8.19. The summed E-state index contributed by atoms with van der Waals surface area (Å²) in [6.45, 7) is 8.93. The van der Waals surface area contributed by atoms with Gasteiger partial charge in [0, 0.05) is 50.4 Å². The van der Waals surface area contributed by atoms with Crippen molar-refractivity contribution < 1.29 is 9.18 Å². The topological polar surface area (TPSA) is 41.4 Å². The van der Waals surface area contributed by atoms with Crippen LogP contribution in [-0.2, 0) is 6.54 Å². The number of likely N-dealkylation sites (N-methyl/N-ethyl adjacent to an activating group) is 1. The molecule has 1 aliphatic rings. The van der Waals surface area contributed by atoms with E-state index in [1.165, 1.54) is 12.1 Å². The molecule has 0 N–H and O–H groups in total. The van der Waals surface area contributed by atoms with Crippen molar-refractivity contribution in [3.8, 4) is 0 Å². The smallest absolute Gasteiger partial charge is 0.253 e. The molecule has 2 heterocycles. The molecule has 1 unspecified atom stereocenters. The molecule has 0 saturated carbocycles. The van der Waals surface area contributed by atoms with E-state index >= 15 is 0 Å².